The molecule has 17 heavy (non-hydrogen) atoms. The number of sulfonamides is 1. The highest BCUT2D eigenvalue weighted by Gasteiger charge is 2.23. The van der Waals surface area contributed by atoms with Gasteiger partial charge in [-0.05, 0) is 20.3 Å². The lowest BCUT2D eigenvalue weighted by molar-refractivity contribution is 0.553. The minimum atomic E-state index is -3.91. The molecule has 0 radical (unpaired) electrons. The molecule has 1 aromatic rings. The summed E-state index contributed by atoms with van der Waals surface area (Å²) in [4.78, 5) is 26.1. The molecule has 1 heterocycles. The summed E-state index contributed by atoms with van der Waals surface area (Å²) >= 11 is 0. The van der Waals surface area contributed by atoms with E-state index in [4.69, 9.17) is 0 Å². The topological polar surface area (TPSA) is 112 Å². The van der Waals surface area contributed by atoms with Crippen molar-refractivity contribution in [3.63, 3.8) is 0 Å². The summed E-state index contributed by atoms with van der Waals surface area (Å²) in [7, 11) is -3.91. The number of aromatic nitrogens is 2. The number of hydrogen-bond donors (Lipinski definition) is 3. The number of aryl methyl sites for hydroxylation is 1. The van der Waals surface area contributed by atoms with Gasteiger partial charge in [0.05, 0.1) is 0 Å². The second kappa shape index (κ2) is 4.84. The van der Waals surface area contributed by atoms with E-state index in [0.717, 1.165) is 0 Å². The van der Waals surface area contributed by atoms with Gasteiger partial charge in [0.2, 0.25) is 10.0 Å². The van der Waals surface area contributed by atoms with E-state index in [0.29, 0.717) is 6.42 Å². The van der Waals surface area contributed by atoms with Crippen LogP contribution in [0.5, 0.6) is 0 Å². The van der Waals surface area contributed by atoms with Crippen LogP contribution in [-0.4, -0.2) is 24.4 Å². The first-order valence-electron chi connectivity index (χ1n) is 5.13. The third-order valence-electron chi connectivity index (χ3n) is 2.31. The highest BCUT2D eigenvalue weighted by atomic mass is 32.2. The van der Waals surface area contributed by atoms with Gasteiger partial charge in [-0.3, -0.25) is 9.78 Å². The molecule has 7 nitrogen and oxygen atoms in total. The van der Waals surface area contributed by atoms with Gasteiger partial charge in [0.25, 0.3) is 5.56 Å². The van der Waals surface area contributed by atoms with Crippen LogP contribution in [0.4, 0.5) is 0 Å². The Morgan fingerprint density at radius 3 is 2.35 bits per heavy atom. The van der Waals surface area contributed by atoms with E-state index in [1.807, 2.05) is 11.9 Å². The van der Waals surface area contributed by atoms with Crippen LogP contribution in [0.15, 0.2) is 14.5 Å². The SMILES string of the molecule is CC[C@@H](C)NS(=O)(=O)c1c(C)[nH]c(=O)[nH]c1=O. The summed E-state index contributed by atoms with van der Waals surface area (Å²) in [6.45, 7) is 4.87. The molecular formula is C9H15N3O4S. The highest BCUT2D eigenvalue weighted by molar-refractivity contribution is 7.89. The molecule has 0 saturated heterocycles. The minimum absolute atomic E-state index is 0.0227. The van der Waals surface area contributed by atoms with Crippen molar-refractivity contribution in [1.29, 1.82) is 0 Å². The summed E-state index contributed by atoms with van der Waals surface area (Å²) in [6, 6.07) is -0.286. The summed E-state index contributed by atoms with van der Waals surface area (Å²) in [5.74, 6) is 0. The van der Waals surface area contributed by atoms with Crippen molar-refractivity contribution in [1.82, 2.24) is 14.7 Å². The Bertz CT molecular complexity index is 614. The third kappa shape index (κ3) is 3.04. The molecule has 0 saturated carbocycles. The zero-order chi connectivity index (χ0) is 13.2. The van der Waals surface area contributed by atoms with E-state index in [9.17, 15) is 18.0 Å². The number of hydrogen-bond acceptors (Lipinski definition) is 4. The largest absolute Gasteiger partial charge is 0.325 e. The van der Waals surface area contributed by atoms with Gasteiger partial charge in [0.1, 0.15) is 0 Å². The molecule has 0 aromatic carbocycles. The molecule has 0 unspecified atom stereocenters. The normalized spacial score (nSPS) is 13.6. The van der Waals surface area contributed by atoms with Crippen molar-refractivity contribution >= 4 is 10.0 Å². The zero-order valence-electron chi connectivity index (χ0n) is 9.83. The van der Waals surface area contributed by atoms with Crippen LogP contribution < -0.4 is 16.0 Å². The Balaban J connectivity index is 3.35. The predicted molar refractivity (Wildman–Crippen MR) is 62.5 cm³/mol. The molecule has 96 valence electrons. The predicted octanol–water partition coefficient (Wildman–Crippen LogP) is -0.552. The standard InChI is InChI=1S/C9H15N3O4S/c1-4-5(2)12-17(15,16)7-6(3)10-9(14)11-8(7)13/h5,12H,4H2,1-3H3,(H2,10,11,13,14)/t5-/m1/s1. The monoisotopic (exact) mass is 261 g/mol. The first-order valence-corrected chi connectivity index (χ1v) is 6.61. The van der Waals surface area contributed by atoms with Crippen molar-refractivity contribution in [2.45, 2.75) is 38.1 Å². The van der Waals surface area contributed by atoms with Crippen LogP contribution in [0.2, 0.25) is 0 Å². The van der Waals surface area contributed by atoms with Crippen LogP contribution in [0.1, 0.15) is 26.0 Å². The molecule has 0 spiro atoms. The van der Waals surface area contributed by atoms with Crippen molar-refractivity contribution < 1.29 is 8.42 Å². The lowest BCUT2D eigenvalue weighted by atomic mass is 10.3. The fraction of sp³-hybridized carbons (Fsp3) is 0.556. The number of aromatic amines is 2. The van der Waals surface area contributed by atoms with Gasteiger partial charge >= 0.3 is 5.69 Å². The lowest BCUT2D eigenvalue weighted by Crippen LogP contribution is -2.38. The molecule has 0 amide bonds. The van der Waals surface area contributed by atoms with Crippen LogP contribution in [-0.2, 0) is 10.0 Å². The maximum Gasteiger partial charge on any atom is 0.325 e. The maximum absolute atomic E-state index is 11.9. The molecule has 0 bridgehead atoms. The average molecular weight is 261 g/mol. The number of H-pyrrole nitrogens is 2. The van der Waals surface area contributed by atoms with Gasteiger partial charge < -0.3 is 4.98 Å². The fourth-order valence-electron chi connectivity index (χ4n) is 1.32. The minimum Gasteiger partial charge on any atom is -0.310 e. The van der Waals surface area contributed by atoms with Crippen LogP contribution in [0.3, 0.4) is 0 Å². The summed E-state index contributed by atoms with van der Waals surface area (Å²) in [5, 5.41) is 0. The zero-order valence-corrected chi connectivity index (χ0v) is 10.6. The fourth-order valence-corrected chi connectivity index (χ4v) is 2.88. The quantitative estimate of drug-likeness (QED) is 0.675. The van der Waals surface area contributed by atoms with Crippen molar-refractivity contribution in [2.24, 2.45) is 0 Å². The van der Waals surface area contributed by atoms with Crippen LogP contribution >= 0.6 is 0 Å². The van der Waals surface area contributed by atoms with Gasteiger partial charge in [-0.15, -0.1) is 0 Å². The molecule has 1 aromatic heterocycles. The number of nitrogens with one attached hydrogen (secondary N) is 3. The van der Waals surface area contributed by atoms with E-state index in [1.54, 1.807) is 6.92 Å². The highest BCUT2D eigenvalue weighted by Crippen LogP contribution is 2.06. The first kappa shape index (κ1) is 13.7. The van der Waals surface area contributed by atoms with Gasteiger partial charge in [-0.25, -0.2) is 17.9 Å². The molecule has 0 aliphatic carbocycles. The molecule has 1 rings (SSSR count). The second-order valence-electron chi connectivity index (χ2n) is 3.79. The van der Waals surface area contributed by atoms with E-state index >= 15 is 0 Å². The van der Waals surface area contributed by atoms with Crippen LogP contribution in [0, 0.1) is 6.92 Å². The molecule has 3 N–H and O–H groups in total. The van der Waals surface area contributed by atoms with E-state index in [2.05, 4.69) is 9.71 Å². The third-order valence-corrected chi connectivity index (χ3v) is 4.05. The molecule has 8 heteroatoms. The smallest absolute Gasteiger partial charge is 0.310 e. The Kier molecular flexibility index (Phi) is 3.89. The molecule has 1 atom stereocenters. The van der Waals surface area contributed by atoms with E-state index in [1.165, 1.54) is 6.92 Å². The van der Waals surface area contributed by atoms with Gasteiger partial charge in [0, 0.05) is 11.7 Å². The summed E-state index contributed by atoms with van der Waals surface area (Å²) < 4.78 is 26.2. The Hall–Kier alpha value is -1.41. The molecule has 0 aliphatic heterocycles. The maximum atomic E-state index is 11.9. The molecule has 0 fully saturated rings. The molecular weight excluding hydrogens is 246 g/mol. The van der Waals surface area contributed by atoms with Crippen LogP contribution in [0.25, 0.3) is 0 Å². The van der Waals surface area contributed by atoms with E-state index in [-0.39, 0.29) is 11.7 Å². The van der Waals surface area contributed by atoms with Gasteiger partial charge in [0.15, 0.2) is 4.90 Å². The second-order valence-corrected chi connectivity index (χ2v) is 5.44. The van der Waals surface area contributed by atoms with Gasteiger partial charge in [-0.2, -0.15) is 0 Å². The molecule has 0 aliphatic rings. The van der Waals surface area contributed by atoms with Crippen molar-refractivity contribution in [3.8, 4) is 0 Å². The van der Waals surface area contributed by atoms with Crippen molar-refractivity contribution in [2.75, 3.05) is 0 Å². The van der Waals surface area contributed by atoms with Gasteiger partial charge in [-0.1, -0.05) is 6.92 Å². The summed E-state index contributed by atoms with van der Waals surface area (Å²) in [5.41, 5.74) is -1.62. The Labute approximate surface area is 98.3 Å². The van der Waals surface area contributed by atoms with Crippen molar-refractivity contribution in [3.05, 3.63) is 26.5 Å². The lowest BCUT2D eigenvalue weighted by Gasteiger charge is -2.12. The average Bonchev–Trinajstić information content (AvgIpc) is 2.14. The Morgan fingerprint density at radius 2 is 1.88 bits per heavy atom. The number of rotatable bonds is 4. The first-order chi connectivity index (χ1) is 7.77. The summed E-state index contributed by atoms with van der Waals surface area (Å²) in [6.07, 6.45) is 0.597. The van der Waals surface area contributed by atoms with E-state index < -0.39 is 26.2 Å². The Morgan fingerprint density at radius 1 is 1.29 bits per heavy atom.